The average Bonchev–Trinajstić information content (AvgIpc) is 2.47. The lowest BCUT2D eigenvalue weighted by atomic mass is 9.98. The molecule has 2 aromatic rings. The number of rotatable bonds is 4. The third-order valence-electron chi connectivity index (χ3n) is 3.25. The Morgan fingerprint density at radius 3 is 2.84 bits per heavy atom. The lowest BCUT2D eigenvalue weighted by Gasteiger charge is -2.11. The van der Waals surface area contributed by atoms with Gasteiger partial charge in [0.2, 0.25) is 0 Å². The summed E-state index contributed by atoms with van der Waals surface area (Å²) in [5, 5.41) is 2.90. The highest BCUT2D eigenvalue weighted by molar-refractivity contribution is 6.04. The van der Waals surface area contributed by atoms with E-state index in [1.54, 1.807) is 24.5 Å². The molecule has 3 nitrogen and oxygen atoms in total. The van der Waals surface area contributed by atoms with Crippen LogP contribution >= 0.6 is 0 Å². The van der Waals surface area contributed by atoms with Crippen LogP contribution in [0.3, 0.4) is 0 Å². The van der Waals surface area contributed by atoms with Crippen molar-refractivity contribution in [2.45, 2.75) is 26.2 Å². The number of nitrogens with zero attached hydrogens (tertiary/aromatic N) is 1. The second-order valence-corrected chi connectivity index (χ2v) is 4.63. The lowest BCUT2D eigenvalue weighted by Crippen LogP contribution is -2.12. The molecule has 0 radical (unpaired) electrons. The van der Waals surface area contributed by atoms with E-state index < -0.39 is 0 Å². The van der Waals surface area contributed by atoms with Gasteiger partial charge in [0.15, 0.2) is 0 Å². The summed E-state index contributed by atoms with van der Waals surface area (Å²) in [4.78, 5) is 16.0. The quantitative estimate of drug-likeness (QED) is 0.900. The summed E-state index contributed by atoms with van der Waals surface area (Å²) >= 11 is 0. The van der Waals surface area contributed by atoms with Crippen LogP contribution in [-0.2, 0) is 0 Å². The van der Waals surface area contributed by atoms with Crippen LogP contribution in [0.4, 0.5) is 5.69 Å². The molecule has 0 saturated heterocycles. The maximum absolute atomic E-state index is 12.0. The summed E-state index contributed by atoms with van der Waals surface area (Å²) < 4.78 is 0. The number of carbonyl (C=O) groups excluding carboxylic acids is 1. The van der Waals surface area contributed by atoms with Crippen LogP contribution in [0.1, 0.15) is 42.1 Å². The van der Waals surface area contributed by atoms with Crippen molar-refractivity contribution >= 4 is 11.6 Å². The molecule has 0 fully saturated rings. The molecule has 98 valence electrons. The second kappa shape index (κ2) is 6.14. The maximum Gasteiger partial charge on any atom is 0.257 e. The Kier molecular flexibility index (Phi) is 4.29. The van der Waals surface area contributed by atoms with Gasteiger partial charge in [-0.2, -0.15) is 0 Å². The standard InChI is InChI=1S/C16H18N2O/c1-3-12(2)13-6-4-8-15(10-13)18-16(19)14-7-5-9-17-11-14/h4-12H,3H2,1-2H3,(H,18,19). The van der Waals surface area contributed by atoms with E-state index in [0.29, 0.717) is 11.5 Å². The SMILES string of the molecule is CCC(C)c1cccc(NC(=O)c2cccnc2)c1. The van der Waals surface area contributed by atoms with E-state index in [4.69, 9.17) is 0 Å². The Bertz CT molecular complexity index is 552. The molecule has 0 aliphatic carbocycles. The van der Waals surface area contributed by atoms with Crippen LogP contribution in [0.25, 0.3) is 0 Å². The highest BCUT2D eigenvalue weighted by atomic mass is 16.1. The molecule has 1 aromatic carbocycles. The number of hydrogen-bond donors (Lipinski definition) is 1. The van der Waals surface area contributed by atoms with Crippen molar-refractivity contribution in [2.75, 3.05) is 5.32 Å². The highest BCUT2D eigenvalue weighted by Gasteiger charge is 2.07. The zero-order valence-electron chi connectivity index (χ0n) is 11.3. The molecule has 0 aliphatic heterocycles. The van der Waals surface area contributed by atoms with Gasteiger partial charge < -0.3 is 5.32 Å². The molecule has 0 spiro atoms. The topological polar surface area (TPSA) is 42.0 Å². The van der Waals surface area contributed by atoms with Crippen molar-refractivity contribution in [3.05, 3.63) is 59.9 Å². The minimum absolute atomic E-state index is 0.130. The Labute approximate surface area is 113 Å². The molecule has 0 bridgehead atoms. The fourth-order valence-electron chi connectivity index (χ4n) is 1.86. The molecular weight excluding hydrogens is 236 g/mol. The van der Waals surface area contributed by atoms with Crippen molar-refractivity contribution in [2.24, 2.45) is 0 Å². The summed E-state index contributed by atoms with van der Waals surface area (Å²) in [7, 11) is 0. The van der Waals surface area contributed by atoms with Gasteiger partial charge in [-0.05, 0) is 42.2 Å². The largest absolute Gasteiger partial charge is 0.322 e. The third-order valence-corrected chi connectivity index (χ3v) is 3.25. The lowest BCUT2D eigenvalue weighted by molar-refractivity contribution is 0.102. The Morgan fingerprint density at radius 2 is 2.16 bits per heavy atom. The molecular formula is C16H18N2O. The number of pyridine rings is 1. The number of carbonyl (C=O) groups is 1. The van der Waals surface area contributed by atoms with Crippen LogP contribution < -0.4 is 5.32 Å². The number of amides is 1. The smallest absolute Gasteiger partial charge is 0.257 e. The summed E-state index contributed by atoms with van der Waals surface area (Å²) in [6, 6.07) is 11.5. The molecule has 0 saturated carbocycles. The van der Waals surface area contributed by atoms with Crippen molar-refractivity contribution in [3.8, 4) is 0 Å². The third kappa shape index (κ3) is 3.41. The molecule has 1 amide bonds. The first-order valence-corrected chi connectivity index (χ1v) is 6.52. The van der Waals surface area contributed by atoms with E-state index in [9.17, 15) is 4.79 Å². The monoisotopic (exact) mass is 254 g/mol. The van der Waals surface area contributed by atoms with Crippen molar-refractivity contribution in [1.82, 2.24) is 4.98 Å². The highest BCUT2D eigenvalue weighted by Crippen LogP contribution is 2.21. The van der Waals surface area contributed by atoms with E-state index in [1.165, 1.54) is 5.56 Å². The summed E-state index contributed by atoms with van der Waals surface area (Å²) in [6.45, 7) is 4.34. The molecule has 2 rings (SSSR count). The van der Waals surface area contributed by atoms with E-state index in [0.717, 1.165) is 12.1 Å². The summed E-state index contributed by atoms with van der Waals surface area (Å²) in [5.74, 6) is 0.365. The Balaban J connectivity index is 2.13. The molecule has 1 heterocycles. The molecule has 1 unspecified atom stereocenters. The molecule has 1 atom stereocenters. The fourth-order valence-corrected chi connectivity index (χ4v) is 1.86. The molecule has 19 heavy (non-hydrogen) atoms. The van der Waals surface area contributed by atoms with Crippen LogP contribution in [-0.4, -0.2) is 10.9 Å². The predicted octanol–water partition coefficient (Wildman–Crippen LogP) is 3.85. The van der Waals surface area contributed by atoms with Crippen LogP contribution in [0.5, 0.6) is 0 Å². The first kappa shape index (κ1) is 13.3. The summed E-state index contributed by atoms with van der Waals surface area (Å²) in [5.41, 5.74) is 2.63. The zero-order valence-corrected chi connectivity index (χ0v) is 11.3. The van der Waals surface area contributed by atoms with E-state index >= 15 is 0 Å². The predicted molar refractivity (Wildman–Crippen MR) is 77.3 cm³/mol. The van der Waals surface area contributed by atoms with Gasteiger partial charge in [-0.25, -0.2) is 0 Å². The number of nitrogens with one attached hydrogen (secondary N) is 1. The number of benzene rings is 1. The van der Waals surface area contributed by atoms with Crippen LogP contribution in [0.15, 0.2) is 48.8 Å². The second-order valence-electron chi connectivity index (χ2n) is 4.63. The average molecular weight is 254 g/mol. The Morgan fingerprint density at radius 1 is 1.32 bits per heavy atom. The number of hydrogen-bond acceptors (Lipinski definition) is 2. The van der Waals surface area contributed by atoms with Gasteiger partial charge in [0, 0.05) is 18.1 Å². The van der Waals surface area contributed by atoms with Crippen molar-refractivity contribution in [3.63, 3.8) is 0 Å². The van der Waals surface area contributed by atoms with E-state index in [1.807, 2.05) is 18.2 Å². The van der Waals surface area contributed by atoms with Gasteiger partial charge in [0.1, 0.15) is 0 Å². The van der Waals surface area contributed by atoms with Crippen molar-refractivity contribution < 1.29 is 4.79 Å². The van der Waals surface area contributed by atoms with Gasteiger partial charge in [-0.1, -0.05) is 26.0 Å². The van der Waals surface area contributed by atoms with Crippen LogP contribution in [0.2, 0.25) is 0 Å². The minimum atomic E-state index is -0.130. The van der Waals surface area contributed by atoms with Crippen molar-refractivity contribution in [1.29, 1.82) is 0 Å². The molecule has 3 heteroatoms. The normalized spacial score (nSPS) is 11.9. The van der Waals surface area contributed by atoms with Gasteiger partial charge in [0.05, 0.1) is 5.56 Å². The maximum atomic E-state index is 12.0. The molecule has 1 aromatic heterocycles. The number of anilines is 1. The van der Waals surface area contributed by atoms with Gasteiger partial charge >= 0.3 is 0 Å². The fraction of sp³-hybridized carbons (Fsp3) is 0.250. The summed E-state index contributed by atoms with van der Waals surface area (Å²) in [6.07, 6.45) is 4.30. The molecule has 1 N–H and O–H groups in total. The number of aromatic nitrogens is 1. The van der Waals surface area contributed by atoms with Gasteiger partial charge in [0.25, 0.3) is 5.91 Å². The Hall–Kier alpha value is -2.16. The van der Waals surface area contributed by atoms with Gasteiger partial charge in [-0.3, -0.25) is 9.78 Å². The first-order valence-electron chi connectivity index (χ1n) is 6.52. The zero-order chi connectivity index (χ0) is 13.7. The van der Waals surface area contributed by atoms with E-state index in [2.05, 4.69) is 30.2 Å². The molecule has 0 aliphatic rings. The van der Waals surface area contributed by atoms with Crippen LogP contribution in [0, 0.1) is 0 Å². The first-order chi connectivity index (χ1) is 9.20. The van der Waals surface area contributed by atoms with E-state index in [-0.39, 0.29) is 5.91 Å². The minimum Gasteiger partial charge on any atom is -0.322 e. The van der Waals surface area contributed by atoms with Gasteiger partial charge in [-0.15, -0.1) is 0 Å².